The molecule has 1 heterocycles. The Bertz CT molecular complexity index is 510. The van der Waals surface area contributed by atoms with Gasteiger partial charge in [-0.1, -0.05) is 19.1 Å². The predicted molar refractivity (Wildman–Crippen MR) is 78.7 cm³/mol. The maximum Gasteiger partial charge on any atom is 0.123 e. The highest BCUT2D eigenvalue weighted by molar-refractivity contribution is 7.13. The molecule has 1 N–H and O–H groups in total. The van der Waals surface area contributed by atoms with Crippen molar-refractivity contribution in [2.24, 2.45) is 0 Å². The van der Waals surface area contributed by atoms with E-state index >= 15 is 0 Å². The molecule has 0 bridgehead atoms. The summed E-state index contributed by atoms with van der Waals surface area (Å²) in [4.78, 5) is 4.59. The second-order valence-corrected chi connectivity index (χ2v) is 5.21. The van der Waals surface area contributed by atoms with Crippen molar-refractivity contribution in [3.63, 3.8) is 0 Å². The maximum atomic E-state index is 8.83. The molecule has 0 spiro atoms. The lowest BCUT2D eigenvalue weighted by Gasteiger charge is -2.05. The Kier molecular flexibility index (Phi) is 5.36. The molecule has 0 saturated heterocycles. The fourth-order valence-corrected chi connectivity index (χ4v) is 2.60. The smallest absolute Gasteiger partial charge is 0.123 e. The van der Waals surface area contributed by atoms with Crippen LogP contribution in [0.4, 0.5) is 0 Å². The van der Waals surface area contributed by atoms with E-state index in [0.29, 0.717) is 0 Å². The zero-order chi connectivity index (χ0) is 13.5. The normalized spacial score (nSPS) is 10.6. The summed E-state index contributed by atoms with van der Waals surface area (Å²) in [6, 6.07) is 8.05. The van der Waals surface area contributed by atoms with Crippen molar-refractivity contribution in [2.75, 3.05) is 13.2 Å². The van der Waals surface area contributed by atoms with Gasteiger partial charge in [0.05, 0.1) is 12.3 Å². The summed E-state index contributed by atoms with van der Waals surface area (Å²) in [6.45, 7) is 3.05. The van der Waals surface area contributed by atoms with Gasteiger partial charge in [-0.2, -0.15) is 0 Å². The number of aliphatic hydroxyl groups excluding tert-OH is 1. The molecule has 0 unspecified atom stereocenters. The first-order valence-corrected chi connectivity index (χ1v) is 7.50. The van der Waals surface area contributed by atoms with E-state index in [1.807, 2.05) is 24.3 Å². The largest absolute Gasteiger partial charge is 0.494 e. The fraction of sp³-hybridized carbons (Fsp3) is 0.400. The first-order chi connectivity index (χ1) is 9.33. The highest BCUT2D eigenvalue weighted by Gasteiger charge is 2.05. The number of hydrogen-bond acceptors (Lipinski definition) is 4. The Labute approximate surface area is 117 Å². The van der Waals surface area contributed by atoms with Gasteiger partial charge in [0, 0.05) is 17.6 Å². The molecule has 102 valence electrons. The zero-order valence-corrected chi connectivity index (χ0v) is 11.9. The number of aryl methyl sites for hydroxylation is 1. The predicted octanol–water partition coefficient (Wildman–Crippen LogP) is 3.52. The van der Waals surface area contributed by atoms with Crippen LogP contribution in [0.1, 0.15) is 25.5 Å². The van der Waals surface area contributed by atoms with Crippen LogP contribution in [0, 0.1) is 0 Å². The average Bonchev–Trinajstić information content (AvgIpc) is 2.92. The Morgan fingerprint density at radius 3 is 3.05 bits per heavy atom. The monoisotopic (exact) mass is 277 g/mol. The summed E-state index contributed by atoms with van der Waals surface area (Å²) in [6.07, 6.45) is 2.61. The highest BCUT2D eigenvalue weighted by Crippen LogP contribution is 2.27. The van der Waals surface area contributed by atoms with Crippen LogP contribution in [0.2, 0.25) is 0 Å². The summed E-state index contributed by atoms with van der Waals surface area (Å²) >= 11 is 1.64. The van der Waals surface area contributed by atoms with Gasteiger partial charge >= 0.3 is 0 Å². The van der Waals surface area contributed by atoms with Gasteiger partial charge in [-0.05, 0) is 31.4 Å². The molecule has 3 nitrogen and oxygen atoms in total. The van der Waals surface area contributed by atoms with Crippen molar-refractivity contribution in [3.8, 4) is 16.3 Å². The topological polar surface area (TPSA) is 42.4 Å². The lowest BCUT2D eigenvalue weighted by atomic mass is 10.2. The number of rotatable bonds is 7. The van der Waals surface area contributed by atoms with Gasteiger partial charge in [-0.3, -0.25) is 0 Å². The van der Waals surface area contributed by atoms with Gasteiger partial charge in [0.1, 0.15) is 10.8 Å². The van der Waals surface area contributed by atoms with Crippen LogP contribution >= 0.6 is 11.3 Å². The second kappa shape index (κ2) is 7.26. The van der Waals surface area contributed by atoms with Gasteiger partial charge in [0.15, 0.2) is 0 Å². The van der Waals surface area contributed by atoms with Crippen LogP contribution in [-0.4, -0.2) is 23.3 Å². The molecule has 2 aromatic rings. The van der Waals surface area contributed by atoms with Crippen LogP contribution in [0.5, 0.6) is 5.75 Å². The van der Waals surface area contributed by atoms with Crippen LogP contribution in [0.25, 0.3) is 10.6 Å². The number of nitrogens with zero attached hydrogens (tertiary/aromatic N) is 1. The van der Waals surface area contributed by atoms with Crippen LogP contribution in [0.3, 0.4) is 0 Å². The molecule has 0 saturated carbocycles. The number of thiazole rings is 1. The minimum Gasteiger partial charge on any atom is -0.494 e. The van der Waals surface area contributed by atoms with Crippen molar-refractivity contribution >= 4 is 11.3 Å². The van der Waals surface area contributed by atoms with Gasteiger partial charge in [0.2, 0.25) is 0 Å². The number of aliphatic hydroxyl groups is 1. The molecule has 0 atom stereocenters. The number of aromatic nitrogens is 1. The summed E-state index contributed by atoms with van der Waals surface area (Å²) < 4.78 is 5.63. The third-order valence-electron chi connectivity index (χ3n) is 2.70. The Morgan fingerprint density at radius 1 is 1.37 bits per heavy atom. The molecule has 1 aromatic carbocycles. The van der Waals surface area contributed by atoms with Crippen molar-refractivity contribution in [1.29, 1.82) is 0 Å². The minimum atomic E-state index is 0.215. The fourth-order valence-electron chi connectivity index (χ4n) is 1.75. The Morgan fingerprint density at radius 2 is 2.26 bits per heavy atom. The second-order valence-electron chi connectivity index (χ2n) is 4.35. The minimum absolute atomic E-state index is 0.215. The number of benzene rings is 1. The van der Waals surface area contributed by atoms with Gasteiger partial charge in [-0.15, -0.1) is 11.3 Å². The van der Waals surface area contributed by atoms with E-state index in [1.165, 1.54) is 0 Å². The van der Waals surface area contributed by atoms with Gasteiger partial charge in [0.25, 0.3) is 0 Å². The Balaban J connectivity index is 2.10. The van der Waals surface area contributed by atoms with Gasteiger partial charge < -0.3 is 9.84 Å². The van der Waals surface area contributed by atoms with E-state index in [-0.39, 0.29) is 6.61 Å². The van der Waals surface area contributed by atoms with Crippen LogP contribution < -0.4 is 4.74 Å². The van der Waals surface area contributed by atoms with Crippen molar-refractivity contribution in [1.82, 2.24) is 4.98 Å². The molecule has 2 rings (SSSR count). The quantitative estimate of drug-likeness (QED) is 0.842. The molecular weight excluding hydrogens is 258 g/mol. The molecule has 0 fully saturated rings. The molecular formula is C15H19NO2S. The van der Waals surface area contributed by atoms with Crippen LogP contribution in [-0.2, 0) is 6.42 Å². The van der Waals surface area contributed by atoms with Crippen molar-refractivity contribution < 1.29 is 9.84 Å². The average molecular weight is 277 g/mol. The number of hydrogen-bond donors (Lipinski definition) is 1. The molecule has 0 aliphatic heterocycles. The highest BCUT2D eigenvalue weighted by atomic mass is 32.1. The molecule has 0 aliphatic rings. The molecule has 19 heavy (non-hydrogen) atoms. The first-order valence-electron chi connectivity index (χ1n) is 6.62. The van der Waals surface area contributed by atoms with Crippen molar-refractivity contribution in [2.45, 2.75) is 26.2 Å². The van der Waals surface area contributed by atoms with Gasteiger partial charge in [-0.25, -0.2) is 4.98 Å². The summed E-state index contributed by atoms with van der Waals surface area (Å²) in [5, 5.41) is 11.9. The molecule has 0 amide bonds. The lowest BCUT2D eigenvalue weighted by molar-refractivity contribution is 0.288. The molecule has 0 aliphatic carbocycles. The lowest BCUT2D eigenvalue weighted by Crippen LogP contribution is -1.94. The third-order valence-corrected chi connectivity index (χ3v) is 3.64. The van der Waals surface area contributed by atoms with Crippen LogP contribution in [0.15, 0.2) is 29.6 Å². The van der Waals surface area contributed by atoms with E-state index < -0.39 is 0 Å². The molecule has 0 radical (unpaired) electrons. The summed E-state index contributed by atoms with van der Waals surface area (Å²) in [5.74, 6) is 0.895. The summed E-state index contributed by atoms with van der Waals surface area (Å²) in [7, 11) is 0. The SMILES string of the molecule is CCCOc1cccc(-c2nc(CCCO)cs2)c1. The van der Waals surface area contributed by atoms with E-state index in [1.54, 1.807) is 11.3 Å². The van der Waals surface area contributed by atoms with E-state index in [4.69, 9.17) is 9.84 Å². The molecule has 1 aromatic heterocycles. The standard InChI is InChI=1S/C15H19NO2S/c1-2-9-18-14-7-3-5-12(10-14)15-16-13(11-19-15)6-4-8-17/h3,5,7,10-11,17H,2,4,6,8-9H2,1H3. The first kappa shape index (κ1) is 14.0. The van der Waals surface area contributed by atoms with E-state index in [2.05, 4.69) is 17.3 Å². The number of ether oxygens (including phenoxy) is 1. The van der Waals surface area contributed by atoms with Crippen molar-refractivity contribution in [3.05, 3.63) is 35.3 Å². The maximum absolute atomic E-state index is 8.83. The van der Waals surface area contributed by atoms with E-state index in [0.717, 1.165) is 47.9 Å². The zero-order valence-electron chi connectivity index (χ0n) is 11.1. The Hall–Kier alpha value is -1.39. The summed E-state index contributed by atoms with van der Waals surface area (Å²) in [5.41, 5.74) is 2.14. The van der Waals surface area contributed by atoms with E-state index in [9.17, 15) is 0 Å². The third kappa shape index (κ3) is 4.04. The molecule has 4 heteroatoms.